The lowest BCUT2D eigenvalue weighted by molar-refractivity contribution is 0.669. The van der Waals surface area contributed by atoms with E-state index in [0.29, 0.717) is 0 Å². The maximum absolute atomic E-state index is 6.41. The molecule has 0 saturated carbocycles. The Morgan fingerprint density at radius 1 is 0.392 bits per heavy atom. The average molecular weight is 670 g/mol. The van der Waals surface area contributed by atoms with E-state index in [9.17, 15) is 0 Å². The number of benzene rings is 8. The second-order valence-corrected chi connectivity index (χ2v) is 13.9. The summed E-state index contributed by atoms with van der Waals surface area (Å²) in [4.78, 5) is 2.39. The zero-order chi connectivity index (χ0) is 33.7. The van der Waals surface area contributed by atoms with Crippen molar-refractivity contribution >= 4 is 70.5 Å². The molecule has 51 heavy (non-hydrogen) atoms. The van der Waals surface area contributed by atoms with E-state index in [0.717, 1.165) is 39.0 Å². The number of nitrogens with zero attached hydrogens (tertiary/aromatic N) is 1. The average Bonchev–Trinajstić information content (AvgIpc) is 3.78. The summed E-state index contributed by atoms with van der Waals surface area (Å²) in [5.74, 6) is 0. The third kappa shape index (κ3) is 5.01. The van der Waals surface area contributed by atoms with Crippen LogP contribution in [0.15, 0.2) is 192 Å². The minimum atomic E-state index is 0.871. The molecule has 0 aliphatic rings. The summed E-state index contributed by atoms with van der Waals surface area (Å²) in [5.41, 5.74) is 12.2. The molecule has 0 spiro atoms. The third-order valence-electron chi connectivity index (χ3n) is 9.89. The van der Waals surface area contributed by atoms with Crippen LogP contribution in [0, 0.1) is 0 Å². The van der Waals surface area contributed by atoms with Crippen molar-refractivity contribution in [2.75, 3.05) is 4.90 Å². The van der Waals surface area contributed by atoms with Crippen LogP contribution in [0.5, 0.6) is 0 Å². The molecule has 0 amide bonds. The number of hydrogen-bond donors (Lipinski definition) is 0. The molecular formula is C48H31NOS. The zero-order valence-electron chi connectivity index (χ0n) is 27.7. The number of hydrogen-bond acceptors (Lipinski definition) is 3. The topological polar surface area (TPSA) is 16.4 Å². The van der Waals surface area contributed by atoms with E-state index in [1.807, 2.05) is 17.4 Å². The summed E-state index contributed by atoms with van der Waals surface area (Å²) in [6, 6.07) is 67.4. The van der Waals surface area contributed by atoms with Gasteiger partial charge in [0.15, 0.2) is 0 Å². The zero-order valence-corrected chi connectivity index (χ0v) is 28.5. The summed E-state index contributed by atoms with van der Waals surface area (Å²) >= 11 is 1.87. The predicted octanol–water partition coefficient (Wildman–Crippen LogP) is 14.4. The SMILES string of the molecule is c1ccc(-c2ccc(N(c3ccc(-c4ccccc4)c(-c4cccc5c4sc4ccccc45)c3)c3cccc4oc5ccccc5c34)cc2)cc1. The number of anilines is 3. The Hall–Kier alpha value is -6.42. The molecule has 0 fully saturated rings. The molecule has 2 heterocycles. The first-order valence-corrected chi connectivity index (χ1v) is 18.1. The first-order valence-electron chi connectivity index (χ1n) is 17.3. The van der Waals surface area contributed by atoms with E-state index in [1.165, 1.54) is 53.6 Å². The second-order valence-electron chi connectivity index (χ2n) is 12.9. The fraction of sp³-hybridized carbons (Fsp3) is 0. The van der Waals surface area contributed by atoms with Gasteiger partial charge in [-0.25, -0.2) is 0 Å². The van der Waals surface area contributed by atoms with Crippen molar-refractivity contribution in [2.45, 2.75) is 0 Å². The Morgan fingerprint density at radius 2 is 1.02 bits per heavy atom. The standard InChI is InChI=1S/C48H31NOS/c1-3-13-32(14-4-1)33-25-27-35(28-26-33)49(43-21-12-23-45-47(43)41-18-7-9-22-44(41)50-45)36-29-30-37(34-15-5-2-6-16-34)42(31-36)40-20-11-19-39-38-17-8-10-24-46(38)51-48(39)40/h1-31H. The molecule has 0 bridgehead atoms. The molecule has 0 aliphatic heterocycles. The molecule has 10 aromatic rings. The van der Waals surface area contributed by atoms with Crippen molar-refractivity contribution < 1.29 is 4.42 Å². The molecule has 3 heteroatoms. The molecule has 0 unspecified atom stereocenters. The predicted molar refractivity (Wildman–Crippen MR) is 218 cm³/mol. The molecule has 10 rings (SSSR count). The summed E-state index contributed by atoms with van der Waals surface area (Å²) in [7, 11) is 0. The van der Waals surface area contributed by atoms with E-state index in [-0.39, 0.29) is 0 Å². The molecule has 8 aromatic carbocycles. The van der Waals surface area contributed by atoms with E-state index in [2.05, 4.69) is 187 Å². The van der Waals surface area contributed by atoms with Crippen molar-refractivity contribution in [2.24, 2.45) is 0 Å². The number of thiophene rings is 1. The summed E-state index contributed by atoms with van der Waals surface area (Å²) in [6.07, 6.45) is 0. The minimum Gasteiger partial charge on any atom is -0.456 e. The van der Waals surface area contributed by atoms with Gasteiger partial charge in [-0.3, -0.25) is 0 Å². The Morgan fingerprint density at radius 3 is 1.84 bits per heavy atom. The second kappa shape index (κ2) is 12.2. The van der Waals surface area contributed by atoms with Gasteiger partial charge in [-0.05, 0) is 76.3 Å². The summed E-state index contributed by atoms with van der Waals surface area (Å²) in [5, 5.41) is 4.79. The molecule has 0 N–H and O–H groups in total. The van der Waals surface area contributed by atoms with Crippen LogP contribution >= 0.6 is 11.3 Å². The van der Waals surface area contributed by atoms with Gasteiger partial charge in [0.05, 0.1) is 11.1 Å². The highest BCUT2D eigenvalue weighted by atomic mass is 32.1. The molecule has 2 aromatic heterocycles. The Kier molecular flexibility index (Phi) is 7.04. The number of para-hydroxylation sites is 1. The smallest absolute Gasteiger partial charge is 0.137 e. The van der Waals surface area contributed by atoms with Gasteiger partial charge in [-0.15, -0.1) is 11.3 Å². The fourth-order valence-electron chi connectivity index (χ4n) is 7.53. The first kappa shape index (κ1) is 29.5. The van der Waals surface area contributed by atoms with Gasteiger partial charge in [0.2, 0.25) is 0 Å². The Balaban J connectivity index is 1.24. The van der Waals surface area contributed by atoms with Crippen molar-refractivity contribution in [3.63, 3.8) is 0 Å². The molecule has 0 saturated heterocycles. The molecule has 0 aliphatic carbocycles. The molecule has 2 nitrogen and oxygen atoms in total. The molecule has 0 radical (unpaired) electrons. The number of furan rings is 1. The Labute approximate surface area is 300 Å². The maximum Gasteiger partial charge on any atom is 0.137 e. The van der Waals surface area contributed by atoms with Crippen molar-refractivity contribution in [1.82, 2.24) is 0 Å². The molecule has 240 valence electrons. The van der Waals surface area contributed by atoms with E-state index >= 15 is 0 Å². The monoisotopic (exact) mass is 669 g/mol. The van der Waals surface area contributed by atoms with Crippen LogP contribution < -0.4 is 4.90 Å². The highest BCUT2D eigenvalue weighted by Gasteiger charge is 2.22. The lowest BCUT2D eigenvalue weighted by atomic mass is 9.92. The van der Waals surface area contributed by atoms with Crippen LogP contribution in [-0.4, -0.2) is 0 Å². The van der Waals surface area contributed by atoms with Crippen LogP contribution in [0.3, 0.4) is 0 Å². The van der Waals surface area contributed by atoms with Gasteiger partial charge >= 0.3 is 0 Å². The van der Waals surface area contributed by atoms with Gasteiger partial charge < -0.3 is 9.32 Å². The van der Waals surface area contributed by atoms with E-state index < -0.39 is 0 Å². The molecule has 0 atom stereocenters. The van der Waals surface area contributed by atoms with Gasteiger partial charge in [0.25, 0.3) is 0 Å². The quantitative estimate of drug-likeness (QED) is 0.175. The first-order chi connectivity index (χ1) is 25.3. The van der Waals surface area contributed by atoms with Gasteiger partial charge in [0, 0.05) is 42.5 Å². The van der Waals surface area contributed by atoms with Gasteiger partial charge in [-0.2, -0.15) is 0 Å². The normalized spacial score (nSPS) is 11.5. The van der Waals surface area contributed by atoms with Crippen LogP contribution in [0.2, 0.25) is 0 Å². The van der Waals surface area contributed by atoms with Crippen molar-refractivity contribution in [3.8, 4) is 33.4 Å². The fourth-order valence-corrected chi connectivity index (χ4v) is 8.76. The summed E-state index contributed by atoms with van der Waals surface area (Å²) < 4.78 is 9.02. The number of fused-ring (bicyclic) bond motifs is 6. The number of rotatable bonds is 6. The largest absolute Gasteiger partial charge is 0.456 e. The highest BCUT2D eigenvalue weighted by molar-refractivity contribution is 7.26. The van der Waals surface area contributed by atoms with Crippen LogP contribution in [0.25, 0.3) is 75.5 Å². The van der Waals surface area contributed by atoms with Crippen LogP contribution in [-0.2, 0) is 0 Å². The van der Waals surface area contributed by atoms with Gasteiger partial charge in [0.1, 0.15) is 11.2 Å². The van der Waals surface area contributed by atoms with E-state index in [1.54, 1.807) is 0 Å². The van der Waals surface area contributed by atoms with E-state index in [4.69, 9.17) is 4.42 Å². The molecular weight excluding hydrogens is 639 g/mol. The Bertz CT molecular complexity index is 2850. The highest BCUT2D eigenvalue weighted by Crippen LogP contribution is 2.47. The lowest BCUT2D eigenvalue weighted by Crippen LogP contribution is -2.10. The minimum absolute atomic E-state index is 0.871. The van der Waals surface area contributed by atoms with Crippen molar-refractivity contribution in [3.05, 3.63) is 188 Å². The van der Waals surface area contributed by atoms with Crippen LogP contribution in [0.4, 0.5) is 17.1 Å². The van der Waals surface area contributed by atoms with Crippen molar-refractivity contribution in [1.29, 1.82) is 0 Å². The summed E-state index contributed by atoms with van der Waals surface area (Å²) in [6.45, 7) is 0. The van der Waals surface area contributed by atoms with Gasteiger partial charge in [-0.1, -0.05) is 140 Å². The third-order valence-corrected chi connectivity index (χ3v) is 11.1. The maximum atomic E-state index is 6.41. The van der Waals surface area contributed by atoms with Crippen LogP contribution in [0.1, 0.15) is 0 Å². The lowest BCUT2D eigenvalue weighted by Gasteiger charge is -2.28.